The van der Waals surface area contributed by atoms with Crippen molar-refractivity contribution in [1.29, 1.82) is 0 Å². The molecule has 268 valence electrons. The molecule has 0 radical (unpaired) electrons. The van der Waals surface area contributed by atoms with Crippen molar-refractivity contribution in [2.45, 2.75) is 6.04 Å². The van der Waals surface area contributed by atoms with E-state index >= 15 is 0 Å². The van der Waals surface area contributed by atoms with E-state index in [0.29, 0.717) is 0 Å². The van der Waals surface area contributed by atoms with Gasteiger partial charge in [0, 0.05) is 42.2 Å². The fourth-order valence-electron chi connectivity index (χ4n) is 8.99. The minimum absolute atomic E-state index is 0.137. The average molecular weight is 747 g/mol. The molecule has 1 atom stereocenters. The maximum Gasteiger partial charge on any atom is 0.209 e. The van der Waals surface area contributed by atoms with Crippen LogP contribution in [0.1, 0.15) is 11.1 Å². The third kappa shape index (κ3) is 5.03. The summed E-state index contributed by atoms with van der Waals surface area (Å²) in [7, 11) is 0. The maximum atomic E-state index is 5.63. The van der Waals surface area contributed by atoms with Gasteiger partial charge in [0.1, 0.15) is 0 Å². The van der Waals surface area contributed by atoms with Crippen LogP contribution in [0.25, 0.3) is 75.3 Å². The summed E-state index contributed by atoms with van der Waals surface area (Å²) in [6, 6.07) is 67.7. The molecule has 0 amide bonds. The fraction of sp³-hybridized carbons (Fsp3) is 0.0192. The molecule has 8 aromatic carbocycles. The van der Waals surface area contributed by atoms with Gasteiger partial charge in [0.2, 0.25) is 5.96 Å². The van der Waals surface area contributed by atoms with E-state index < -0.39 is 0 Å². The molecular formula is C52H34N4S. The van der Waals surface area contributed by atoms with E-state index in [-0.39, 0.29) is 6.04 Å². The number of nitrogens with zero attached hydrogens (tertiary/aromatic N) is 3. The third-order valence-corrected chi connectivity index (χ3v) is 12.7. The maximum absolute atomic E-state index is 5.63. The van der Waals surface area contributed by atoms with Gasteiger partial charge in [-0.3, -0.25) is 4.57 Å². The van der Waals surface area contributed by atoms with Gasteiger partial charge >= 0.3 is 0 Å². The predicted octanol–water partition coefficient (Wildman–Crippen LogP) is 13.1. The zero-order chi connectivity index (χ0) is 37.5. The first-order valence-electron chi connectivity index (χ1n) is 19.4. The van der Waals surface area contributed by atoms with E-state index in [9.17, 15) is 0 Å². The summed E-state index contributed by atoms with van der Waals surface area (Å²) in [5.41, 5.74) is 11.2. The zero-order valence-corrected chi connectivity index (χ0v) is 31.6. The largest absolute Gasteiger partial charge is 0.343 e. The van der Waals surface area contributed by atoms with Gasteiger partial charge in [-0.2, -0.15) is 0 Å². The number of anilines is 1. The van der Waals surface area contributed by atoms with Crippen LogP contribution in [-0.4, -0.2) is 16.6 Å². The van der Waals surface area contributed by atoms with Crippen LogP contribution in [0, 0.1) is 0 Å². The Morgan fingerprint density at radius 1 is 0.491 bits per heavy atom. The monoisotopic (exact) mass is 746 g/mol. The molecule has 57 heavy (non-hydrogen) atoms. The number of benzene rings is 8. The second kappa shape index (κ2) is 12.7. The number of hydrogen-bond acceptors (Lipinski definition) is 4. The van der Waals surface area contributed by atoms with Crippen LogP contribution in [0.5, 0.6) is 0 Å². The number of aromatic nitrogens is 1. The van der Waals surface area contributed by atoms with E-state index in [1.807, 2.05) is 11.3 Å². The molecule has 0 spiro atoms. The molecule has 4 heterocycles. The van der Waals surface area contributed by atoms with Crippen molar-refractivity contribution in [3.63, 3.8) is 0 Å². The summed E-state index contributed by atoms with van der Waals surface area (Å²) in [6.07, 6.45) is 2.36. The van der Waals surface area contributed by atoms with Crippen LogP contribution in [0.3, 0.4) is 0 Å². The van der Waals surface area contributed by atoms with Crippen molar-refractivity contribution in [3.8, 4) is 11.1 Å². The molecular weight excluding hydrogens is 713 g/mol. The Labute approximate surface area is 333 Å². The number of fused-ring (bicyclic) bond motifs is 9. The lowest BCUT2D eigenvalue weighted by Crippen LogP contribution is -2.43. The molecule has 1 N–H and O–H groups in total. The van der Waals surface area contributed by atoms with E-state index in [4.69, 9.17) is 4.99 Å². The number of aliphatic imine (C=N–C) groups is 1. The summed E-state index contributed by atoms with van der Waals surface area (Å²) in [6.45, 7) is 0. The summed E-state index contributed by atoms with van der Waals surface area (Å²) >= 11 is 1.86. The Balaban J connectivity index is 1.10. The Kier molecular flexibility index (Phi) is 7.13. The second-order valence-electron chi connectivity index (χ2n) is 14.8. The molecule has 2 aliphatic rings. The number of nitrogens with one attached hydrogen (secondary N) is 1. The molecule has 0 saturated carbocycles. The third-order valence-electron chi connectivity index (χ3n) is 11.6. The lowest BCUT2D eigenvalue weighted by molar-refractivity contribution is 0.800. The van der Waals surface area contributed by atoms with Crippen molar-refractivity contribution in [2.75, 3.05) is 4.90 Å². The molecule has 10 aromatic rings. The van der Waals surface area contributed by atoms with Crippen molar-refractivity contribution in [2.24, 2.45) is 4.99 Å². The van der Waals surface area contributed by atoms with Gasteiger partial charge in [-0.15, -0.1) is 11.3 Å². The predicted molar refractivity (Wildman–Crippen MR) is 242 cm³/mol. The van der Waals surface area contributed by atoms with Gasteiger partial charge in [-0.25, -0.2) is 4.99 Å². The summed E-state index contributed by atoms with van der Waals surface area (Å²) in [5.74, 6) is 0.801. The van der Waals surface area contributed by atoms with Crippen LogP contribution >= 0.6 is 11.3 Å². The standard InChI is InChI=1S/C52H34N4S/c1-4-15-34(16-5-1)46-32-43-51(55(46)38-19-8-3-9-20-38)50(35-17-6-2-7-18-35)54-52(53-43)56-44-27-25-36(31-42(44)49-39-21-11-10-14-33(39)24-28-45(49)56)37-26-29-48-41(30-37)40-22-12-13-23-47(40)57-48/h1-32,43H,(H,53,54). The van der Waals surface area contributed by atoms with Crippen LogP contribution < -0.4 is 10.2 Å². The van der Waals surface area contributed by atoms with Gasteiger partial charge in [0.15, 0.2) is 0 Å². The van der Waals surface area contributed by atoms with E-state index in [0.717, 1.165) is 50.9 Å². The van der Waals surface area contributed by atoms with Gasteiger partial charge in [0.25, 0.3) is 0 Å². The quantitative estimate of drug-likeness (QED) is 0.194. The lowest BCUT2D eigenvalue weighted by atomic mass is 9.99. The van der Waals surface area contributed by atoms with Gasteiger partial charge in [0.05, 0.1) is 34.2 Å². The molecule has 2 aliphatic heterocycles. The van der Waals surface area contributed by atoms with Crippen molar-refractivity contribution in [1.82, 2.24) is 9.88 Å². The normalized spacial score (nSPS) is 15.4. The lowest BCUT2D eigenvalue weighted by Gasteiger charge is -2.32. The Hall–Kier alpha value is -7.21. The van der Waals surface area contributed by atoms with Gasteiger partial charge < -0.3 is 10.2 Å². The molecule has 12 rings (SSSR count). The minimum Gasteiger partial charge on any atom is -0.343 e. The highest BCUT2D eigenvalue weighted by atomic mass is 32.1. The first-order chi connectivity index (χ1) is 28.3. The molecule has 1 unspecified atom stereocenters. The highest BCUT2D eigenvalue weighted by molar-refractivity contribution is 7.25. The molecule has 2 aromatic heterocycles. The number of para-hydroxylation sites is 1. The van der Waals surface area contributed by atoms with Crippen LogP contribution in [-0.2, 0) is 0 Å². The Morgan fingerprint density at radius 2 is 1.12 bits per heavy atom. The molecule has 4 nitrogen and oxygen atoms in total. The summed E-state index contributed by atoms with van der Waals surface area (Å²) < 4.78 is 4.98. The Morgan fingerprint density at radius 3 is 1.93 bits per heavy atom. The van der Waals surface area contributed by atoms with E-state index in [1.165, 1.54) is 52.8 Å². The molecule has 0 saturated heterocycles. The summed E-state index contributed by atoms with van der Waals surface area (Å²) in [4.78, 5) is 8.02. The van der Waals surface area contributed by atoms with E-state index in [2.05, 4.69) is 209 Å². The second-order valence-corrected chi connectivity index (χ2v) is 15.9. The molecule has 0 aliphatic carbocycles. The smallest absolute Gasteiger partial charge is 0.209 e. The number of rotatable bonds is 4. The van der Waals surface area contributed by atoms with Crippen molar-refractivity contribution < 1.29 is 0 Å². The minimum atomic E-state index is -0.137. The highest BCUT2D eigenvalue weighted by Crippen LogP contribution is 2.44. The Bertz CT molecular complexity index is 3320. The van der Waals surface area contributed by atoms with Gasteiger partial charge in [-0.1, -0.05) is 140 Å². The first kappa shape index (κ1) is 32.1. The topological polar surface area (TPSA) is 32.6 Å². The first-order valence-corrected chi connectivity index (χ1v) is 20.2. The summed E-state index contributed by atoms with van der Waals surface area (Å²) in [5, 5.41) is 11.5. The SMILES string of the molecule is C1=C(c2ccccc2)N(c2ccccc2)C2=C(c3ccccc3)N=C(n3c4ccc(-c5ccc6sc7ccccc7c6c5)cc4c4c5ccccc5ccc43)NC12. The van der Waals surface area contributed by atoms with E-state index in [1.54, 1.807) is 0 Å². The van der Waals surface area contributed by atoms with Crippen molar-refractivity contribution >= 4 is 87.1 Å². The van der Waals surface area contributed by atoms with Crippen LogP contribution in [0.15, 0.2) is 205 Å². The van der Waals surface area contributed by atoms with Crippen LogP contribution in [0.2, 0.25) is 0 Å². The van der Waals surface area contributed by atoms with Crippen LogP contribution in [0.4, 0.5) is 5.69 Å². The molecule has 0 bridgehead atoms. The van der Waals surface area contributed by atoms with Crippen molar-refractivity contribution in [3.05, 3.63) is 211 Å². The number of hydrogen-bond donors (Lipinski definition) is 1. The highest BCUT2D eigenvalue weighted by Gasteiger charge is 2.38. The number of thiophene rings is 1. The molecule has 5 heteroatoms. The fourth-order valence-corrected chi connectivity index (χ4v) is 10.1. The average Bonchev–Trinajstić information content (AvgIpc) is 3.96. The van der Waals surface area contributed by atoms with Gasteiger partial charge in [-0.05, 0) is 82.1 Å². The zero-order valence-electron chi connectivity index (χ0n) is 30.8. The molecule has 0 fully saturated rings.